The van der Waals surface area contributed by atoms with Gasteiger partial charge in [-0.15, -0.1) is 6.58 Å². The van der Waals surface area contributed by atoms with Crippen molar-refractivity contribution in [1.82, 2.24) is 10.2 Å². The minimum Gasteiger partial charge on any atom is -0.332 e. The van der Waals surface area contributed by atoms with Crippen molar-refractivity contribution >= 4 is 17.8 Å². The van der Waals surface area contributed by atoms with E-state index in [-0.39, 0.29) is 12.1 Å². The van der Waals surface area contributed by atoms with Crippen molar-refractivity contribution in [2.24, 2.45) is 0 Å². The molecule has 0 radical (unpaired) electrons. The average molecular weight is 228 g/mol. The Morgan fingerprint density at radius 2 is 2.40 bits per heavy atom. The number of carbonyl (C=O) groups is 1. The summed E-state index contributed by atoms with van der Waals surface area (Å²) in [7, 11) is 0. The molecule has 3 nitrogen and oxygen atoms in total. The molecule has 1 fully saturated rings. The Hall–Kier alpha value is -0.640. The molecule has 0 spiro atoms. The molecule has 0 aromatic rings. The molecule has 0 bridgehead atoms. The van der Waals surface area contributed by atoms with Gasteiger partial charge in [0, 0.05) is 24.4 Å². The first-order valence-corrected chi connectivity index (χ1v) is 6.58. The predicted octanol–water partition coefficient (Wildman–Crippen LogP) is 2.10. The van der Waals surface area contributed by atoms with Crippen molar-refractivity contribution in [2.75, 3.05) is 18.1 Å². The Balaban J connectivity index is 2.51. The van der Waals surface area contributed by atoms with Crippen LogP contribution in [0.2, 0.25) is 0 Å². The van der Waals surface area contributed by atoms with Crippen molar-refractivity contribution in [3.05, 3.63) is 12.7 Å². The second kappa shape index (κ2) is 6.05. The molecule has 1 N–H and O–H groups in total. The molecule has 1 saturated heterocycles. The molecule has 4 heteroatoms. The highest BCUT2D eigenvalue weighted by molar-refractivity contribution is 7.99. The van der Waals surface area contributed by atoms with Gasteiger partial charge in [-0.2, -0.15) is 11.8 Å². The second-order valence-electron chi connectivity index (χ2n) is 3.92. The zero-order valence-corrected chi connectivity index (χ0v) is 10.3. The van der Waals surface area contributed by atoms with Crippen LogP contribution in [0.25, 0.3) is 0 Å². The van der Waals surface area contributed by atoms with Gasteiger partial charge in [0.15, 0.2) is 0 Å². The lowest BCUT2D eigenvalue weighted by atomic mass is 10.2. The summed E-state index contributed by atoms with van der Waals surface area (Å²) in [4.78, 5) is 13.8. The highest BCUT2D eigenvalue weighted by atomic mass is 32.2. The SMILES string of the molecule is C=C[C@H](C)NC(=O)N1CCSCC[C@H]1C. The van der Waals surface area contributed by atoms with Gasteiger partial charge in [-0.1, -0.05) is 6.08 Å². The Morgan fingerprint density at radius 3 is 3.07 bits per heavy atom. The molecule has 0 saturated carbocycles. The van der Waals surface area contributed by atoms with Crippen LogP contribution < -0.4 is 5.32 Å². The zero-order chi connectivity index (χ0) is 11.3. The third kappa shape index (κ3) is 3.78. The Labute approximate surface area is 96.3 Å². The average Bonchev–Trinajstić information content (AvgIpc) is 2.42. The van der Waals surface area contributed by atoms with Gasteiger partial charge in [0.2, 0.25) is 0 Å². The molecule has 0 aliphatic carbocycles. The van der Waals surface area contributed by atoms with Crippen LogP contribution in [0.1, 0.15) is 20.3 Å². The monoisotopic (exact) mass is 228 g/mol. The molecule has 86 valence electrons. The zero-order valence-electron chi connectivity index (χ0n) is 9.53. The summed E-state index contributed by atoms with van der Waals surface area (Å²) in [6, 6.07) is 0.426. The van der Waals surface area contributed by atoms with Gasteiger partial charge in [-0.25, -0.2) is 4.79 Å². The molecule has 15 heavy (non-hydrogen) atoms. The van der Waals surface area contributed by atoms with Gasteiger partial charge in [-0.3, -0.25) is 0 Å². The van der Waals surface area contributed by atoms with Gasteiger partial charge < -0.3 is 10.2 Å². The Bertz CT molecular complexity index is 233. The van der Waals surface area contributed by atoms with Crippen LogP contribution in [0.5, 0.6) is 0 Å². The summed E-state index contributed by atoms with van der Waals surface area (Å²) in [5, 5.41) is 2.92. The molecule has 1 aliphatic rings. The standard InChI is InChI=1S/C11H20N2OS/c1-4-9(2)12-11(14)13-6-8-15-7-5-10(13)3/h4,9-10H,1,5-8H2,2-3H3,(H,12,14)/t9-,10+/m0/s1. The number of thioether (sulfide) groups is 1. The quantitative estimate of drug-likeness (QED) is 0.734. The lowest BCUT2D eigenvalue weighted by Gasteiger charge is -2.28. The van der Waals surface area contributed by atoms with E-state index in [1.807, 2.05) is 23.6 Å². The van der Waals surface area contributed by atoms with Crippen LogP contribution >= 0.6 is 11.8 Å². The molecular formula is C11H20N2OS. The van der Waals surface area contributed by atoms with Gasteiger partial charge in [0.25, 0.3) is 0 Å². The number of nitrogens with zero attached hydrogens (tertiary/aromatic N) is 1. The number of urea groups is 1. The lowest BCUT2D eigenvalue weighted by Crippen LogP contribution is -2.47. The minimum atomic E-state index is 0.0393. The fourth-order valence-corrected chi connectivity index (χ4v) is 2.57. The molecule has 1 heterocycles. The summed E-state index contributed by atoms with van der Waals surface area (Å²) in [6.07, 6.45) is 2.83. The normalized spacial score (nSPS) is 24.1. The first kappa shape index (κ1) is 12.4. The molecule has 1 rings (SSSR count). The number of nitrogens with one attached hydrogen (secondary N) is 1. The first-order chi connectivity index (χ1) is 7.15. The van der Waals surface area contributed by atoms with Gasteiger partial charge in [-0.05, 0) is 26.0 Å². The van der Waals surface area contributed by atoms with E-state index < -0.39 is 0 Å². The highest BCUT2D eigenvalue weighted by Gasteiger charge is 2.22. The van der Waals surface area contributed by atoms with Crippen LogP contribution in [-0.4, -0.2) is 41.1 Å². The van der Waals surface area contributed by atoms with Crippen LogP contribution in [-0.2, 0) is 0 Å². The van der Waals surface area contributed by atoms with Gasteiger partial charge >= 0.3 is 6.03 Å². The van der Waals surface area contributed by atoms with E-state index in [9.17, 15) is 4.79 Å². The minimum absolute atomic E-state index is 0.0393. The summed E-state index contributed by atoms with van der Waals surface area (Å²) in [6.45, 7) is 8.56. The van der Waals surface area contributed by atoms with Crippen LogP contribution in [0.15, 0.2) is 12.7 Å². The summed E-state index contributed by atoms with van der Waals surface area (Å²) >= 11 is 1.92. The Kier molecular flexibility index (Phi) is 5.02. The maximum atomic E-state index is 11.9. The molecule has 2 atom stereocenters. The van der Waals surface area contributed by atoms with E-state index in [0.717, 1.165) is 24.5 Å². The van der Waals surface area contributed by atoms with E-state index >= 15 is 0 Å². The third-order valence-electron chi connectivity index (χ3n) is 2.65. The highest BCUT2D eigenvalue weighted by Crippen LogP contribution is 2.15. The molecule has 1 aliphatic heterocycles. The number of hydrogen-bond donors (Lipinski definition) is 1. The van der Waals surface area contributed by atoms with Crippen LogP contribution in [0, 0.1) is 0 Å². The van der Waals surface area contributed by atoms with Crippen molar-refractivity contribution in [3.8, 4) is 0 Å². The second-order valence-corrected chi connectivity index (χ2v) is 5.14. The fourth-order valence-electron chi connectivity index (χ4n) is 1.53. The topological polar surface area (TPSA) is 32.3 Å². The smallest absolute Gasteiger partial charge is 0.318 e. The fraction of sp³-hybridized carbons (Fsp3) is 0.727. The van der Waals surface area contributed by atoms with Crippen molar-refractivity contribution in [1.29, 1.82) is 0 Å². The molecule has 0 unspecified atom stereocenters. The van der Waals surface area contributed by atoms with E-state index in [1.54, 1.807) is 6.08 Å². The van der Waals surface area contributed by atoms with Crippen molar-refractivity contribution in [2.45, 2.75) is 32.4 Å². The van der Waals surface area contributed by atoms with Crippen LogP contribution in [0.3, 0.4) is 0 Å². The van der Waals surface area contributed by atoms with E-state index in [0.29, 0.717) is 6.04 Å². The number of hydrogen-bond acceptors (Lipinski definition) is 2. The summed E-state index contributed by atoms with van der Waals surface area (Å²) in [5.41, 5.74) is 0. The maximum absolute atomic E-state index is 11.9. The molecular weight excluding hydrogens is 208 g/mol. The summed E-state index contributed by atoms with van der Waals surface area (Å²) in [5.74, 6) is 2.20. The maximum Gasteiger partial charge on any atom is 0.318 e. The number of rotatable bonds is 2. The largest absolute Gasteiger partial charge is 0.332 e. The van der Waals surface area contributed by atoms with Crippen LogP contribution in [0.4, 0.5) is 4.79 Å². The number of amides is 2. The Morgan fingerprint density at radius 1 is 1.67 bits per heavy atom. The van der Waals surface area contributed by atoms with E-state index in [4.69, 9.17) is 0 Å². The van der Waals surface area contributed by atoms with E-state index in [2.05, 4.69) is 18.8 Å². The number of carbonyl (C=O) groups excluding carboxylic acids is 1. The molecule has 2 amide bonds. The first-order valence-electron chi connectivity index (χ1n) is 5.42. The van der Waals surface area contributed by atoms with Crippen molar-refractivity contribution in [3.63, 3.8) is 0 Å². The van der Waals surface area contributed by atoms with Crippen molar-refractivity contribution < 1.29 is 4.79 Å². The van der Waals surface area contributed by atoms with Gasteiger partial charge in [0.1, 0.15) is 0 Å². The van der Waals surface area contributed by atoms with Gasteiger partial charge in [0.05, 0.1) is 0 Å². The third-order valence-corrected chi connectivity index (χ3v) is 3.65. The predicted molar refractivity (Wildman–Crippen MR) is 66.3 cm³/mol. The summed E-state index contributed by atoms with van der Waals surface area (Å²) < 4.78 is 0. The van der Waals surface area contributed by atoms with E-state index in [1.165, 1.54) is 0 Å². The molecule has 0 aromatic heterocycles. The lowest BCUT2D eigenvalue weighted by molar-refractivity contribution is 0.181. The molecule has 0 aromatic carbocycles.